The minimum Gasteiger partial charge on any atom is -0.503 e. The van der Waals surface area contributed by atoms with Crippen molar-refractivity contribution in [1.29, 1.82) is 0 Å². The van der Waals surface area contributed by atoms with Crippen LogP contribution in [0, 0.1) is 0 Å². The Labute approximate surface area is 71.2 Å². The highest BCUT2D eigenvalue weighted by Gasteiger charge is 2.01. The maximum absolute atomic E-state index is 9.15. The second-order valence-corrected chi connectivity index (χ2v) is 1.90. The summed E-state index contributed by atoms with van der Waals surface area (Å²) >= 11 is 0. The van der Waals surface area contributed by atoms with Gasteiger partial charge in [-0.25, -0.2) is 0 Å². The lowest BCUT2D eigenvalue weighted by Gasteiger charge is -2.03. The highest BCUT2D eigenvalue weighted by molar-refractivity contribution is 5.85. The van der Waals surface area contributed by atoms with Crippen LogP contribution < -0.4 is 10.5 Å². The molecule has 0 atom stereocenters. The van der Waals surface area contributed by atoms with Crippen LogP contribution in [0.15, 0.2) is 18.2 Å². The van der Waals surface area contributed by atoms with E-state index >= 15 is 0 Å². The number of anilines is 1. The summed E-state index contributed by atoms with van der Waals surface area (Å²) in [7, 11) is 1.48. The number of nitrogen functional groups attached to an aromatic ring is 1. The van der Waals surface area contributed by atoms with Gasteiger partial charge in [-0.2, -0.15) is 0 Å². The highest BCUT2D eigenvalue weighted by atomic mass is 35.5. The van der Waals surface area contributed by atoms with E-state index < -0.39 is 0 Å². The standard InChI is InChI=1S/C7H9NO2.ClH/c1-10-6-4-2-3-5(8)7(6)9;/h2-4,9H,8H2,1H3;1H. The molecule has 0 aromatic heterocycles. The van der Waals surface area contributed by atoms with Crippen LogP contribution in [0.5, 0.6) is 11.5 Å². The van der Waals surface area contributed by atoms with Gasteiger partial charge in [-0.3, -0.25) is 0 Å². The van der Waals surface area contributed by atoms with Crippen LogP contribution in [-0.4, -0.2) is 12.2 Å². The molecule has 0 saturated heterocycles. The molecule has 0 fully saturated rings. The van der Waals surface area contributed by atoms with Crippen molar-refractivity contribution in [2.75, 3.05) is 12.8 Å². The van der Waals surface area contributed by atoms with Crippen molar-refractivity contribution in [2.24, 2.45) is 0 Å². The van der Waals surface area contributed by atoms with E-state index in [2.05, 4.69) is 0 Å². The van der Waals surface area contributed by atoms with Crippen molar-refractivity contribution in [3.63, 3.8) is 0 Å². The van der Waals surface area contributed by atoms with E-state index in [-0.39, 0.29) is 18.2 Å². The predicted octanol–water partition coefficient (Wildman–Crippen LogP) is 1.40. The molecule has 0 spiro atoms. The van der Waals surface area contributed by atoms with Gasteiger partial charge in [-0.1, -0.05) is 6.07 Å². The van der Waals surface area contributed by atoms with E-state index in [1.165, 1.54) is 7.11 Å². The van der Waals surface area contributed by atoms with Crippen LogP contribution in [0.4, 0.5) is 5.69 Å². The number of aromatic hydroxyl groups is 1. The molecule has 0 heterocycles. The minimum absolute atomic E-state index is 0. The van der Waals surface area contributed by atoms with E-state index in [4.69, 9.17) is 15.6 Å². The molecule has 3 N–H and O–H groups in total. The number of hydrogen-bond donors (Lipinski definition) is 2. The lowest BCUT2D eigenvalue weighted by Crippen LogP contribution is -1.88. The molecule has 0 radical (unpaired) electrons. The Hall–Kier alpha value is -1.09. The van der Waals surface area contributed by atoms with Crippen molar-refractivity contribution >= 4 is 18.1 Å². The largest absolute Gasteiger partial charge is 0.503 e. The third kappa shape index (κ3) is 1.91. The highest BCUT2D eigenvalue weighted by Crippen LogP contribution is 2.30. The number of para-hydroxylation sites is 1. The first-order chi connectivity index (χ1) is 4.75. The van der Waals surface area contributed by atoms with Gasteiger partial charge in [0.1, 0.15) is 0 Å². The number of ether oxygens (including phenoxy) is 1. The van der Waals surface area contributed by atoms with Crippen LogP contribution in [0.1, 0.15) is 0 Å². The summed E-state index contributed by atoms with van der Waals surface area (Å²) < 4.78 is 4.80. The number of phenolic OH excluding ortho intramolecular Hbond substituents is 1. The predicted molar refractivity (Wildman–Crippen MR) is 46.3 cm³/mol. The second kappa shape index (κ2) is 3.93. The fourth-order valence-electron chi connectivity index (χ4n) is 0.704. The monoisotopic (exact) mass is 175 g/mol. The van der Waals surface area contributed by atoms with E-state index in [1.807, 2.05) is 0 Å². The van der Waals surface area contributed by atoms with E-state index in [0.29, 0.717) is 11.4 Å². The average Bonchev–Trinajstić information content (AvgIpc) is 1.95. The third-order valence-electron chi connectivity index (χ3n) is 1.25. The Kier molecular flexibility index (Phi) is 3.54. The molecule has 62 valence electrons. The molecule has 11 heavy (non-hydrogen) atoms. The number of hydrogen-bond acceptors (Lipinski definition) is 3. The molecule has 0 aliphatic rings. The molecule has 1 rings (SSSR count). The van der Waals surface area contributed by atoms with Crippen molar-refractivity contribution in [3.8, 4) is 11.5 Å². The maximum atomic E-state index is 9.15. The van der Waals surface area contributed by atoms with Crippen molar-refractivity contribution < 1.29 is 9.84 Å². The first kappa shape index (κ1) is 9.91. The summed E-state index contributed by atoms with van der Waals surface area (Å²) in [5.74, 6) is 0.407. The molecule has 0 amide bonds. The molecule has 0 saturated carbocycles. The Bertz CT molecular complexity index is 240. The summed E-state index contributed by atoms with van der Waals surface area (Å²) in [6.07, 6.45) is 0. The van der Waals surface area contributed by atoms with E-state index in [9.17, 15) is 0 Å². The van der Waals surface area contributed by atoms with Crippen LogP contribution in [0.2, 0.25) is 0 Å². The fourth-order valence-corrected chi connectivity index (χ4v) is 0.704. The molecule has 1 aromatic carbocycles. The number of nitrogens with two attached hydrogens (primary N) is 1. The first-order valence-corrected chi connectivity index (χ1v) is 2.87. The van der Waals surface area contributed by atoms with Gasteiger partial charge in [0.15, 0.2) is 11.5 Å². The summed E-state index contributed by atoms with van der Waals surface area (Å²) in [4.78, 5) is 0. The number of benzene rings is 1. The van der Waals surface area contributed by atoms with Gasteiger partial charge < -0.3 is 15.6 Å². The zero-order chi connectivity index (χ0) is 7.56. The lowest BCUT2D eigenvalue weighted by atomic mass is 10.3. The van der Waals surface area contributed by atoms with Crippen molar-refractivity contribution in [3.05, 3.63) is 18.2 Å². The fraction of sp³-hybridized carbons (Fsp3) is 0.143. The maximum Gasteiger partial charge on any atom is 0.181 e. The number of methoxy groups -OCH3 is 1. The number of phenols is 1. The van der Waals surface area contributed by atoms with E-state index in [1.54, 1.807) is 18.2 Å². The van der Waals surface area contributed by atoms with Gasteiger partial charge in [0.25, 0.3) is 0 Å². The molecule has 0 bridgehead atoms. The van der Waals surface area contributed by atoms with Gasteiger partial charge in [0.2, 0.25) is 0 Å². The summed E-state index contributed by atoms with van der Waals surface area (Å²) in [6.45, 7) is 0. The molecule has 4 heteroatoms. The zero-order valence-electron chi connectivity index (χ0n) is 6.07. The molecule has 0 aliphatic heterocycles. The van der Waals surface area contributed by atoms with Crippen LogP contribution in [0.25, 0.3) is 0 Å². The van der Waals surface area contributed by atoms with Crippen molar-refractivity contribution in [2.45, 2.75) is 0 Å². The average molecular weight is 176 g/mol. The van der Waals surface area contributed by atoms with Gasteiger partial charge >= 0.3 is 0 Å². The van der Waals surface area contributed by atoms with Gasteiger partial charge in [-0.05, 0) is 12.1 Å². The second-order valence-electron chi connectivity index (χ2n) is 1.90. The van der Waals surface area contributed by atoms with Crippen LogP contribution in [0.3, 0.4) is 0 Å². The molecule has 0 aliphatic carbocycles. The summed E-state index contributed by atoms with van der Waals surface area (Å²) in [6, 6.07) is 4.97. The molecule has 0 unspecified atom stereocenters. The van der Waals surface area contributed by atoms with Gasteiger partial charge in [0, 0.05) is 0 Å². The number of halogens is 1. The third-order valence-corrected chi connectivity index (χ3v) is 1.25. The summed E-state index contributed by atoms with van der Waals surface area (Å²) in [5.41, 5.74) is 5.70. The normalized spacial score (nSPS) is 8.45. The minimum atomic E-state index is 0. The molecular formula is C7H10ClNO2. The Morgan fingerprint density at radius 1 is 1.45 bits per heavy atom. The Morgan fingerprint density at radius 3 is 2.55 bits per heavy atom. The Morgan fingerprint density at radius 2 is 2.09 bits per heavy atom. The van der Waals surface area contributed by atoms with Crippen LogP contribution in [-0.2, 0) is 0 Å². The zero-order valence-corrected chi connectivity index (χ0v) is 6.89. The summed E-state index contributed by atoms with van der Waals surface area (Å²) in [5, 5.41) is 9.15. The molecule has 3 nitrogen and oxygen atoms in total. The van der Waals surface area contributed by atoms with Gasteiger partial charge in [0.05, 0.1) is 12.8 Å². The molecule has 1 aromatic rings. The smallest absolute Gasteiger partial charge is 0.181 e. The van der Waals surface area contributed by atoms with Crippen molar-refractivity contribution in [1.82, 2.24) is 0 Å². The first-order valence-electron chi connectivity index (χ1n) is 2.87. The number of rotatable bonds is 1. The van der Waals surface area contributed by atoms with E-state index in [0.717, 1.165) is 0 Å². The quantitative estimate of drug-likeness (QED) is 0.501. The van der Waals surface area contributed by atoms with Crippen LogP contribution >= 0.6 is 12.4 Å². The lowest BCUT2D eigenvalue weighted by molar-refractivity contribution is 0.375. The Balaban J connectivity index is 0.000001000. The van der Waals surface area contributed by atoms with Gasteiger partial charge in [-0.15, -0.1) is 12.4 Å². The topological polar surface area (TPSA) is 55.5 Å². The SMILES string of the molecule is COc1cccc(N)c1O.Cl. The molecular weight excluding hydrogens is 166 g/mol.